The van der Waals surface area contributed by atoms with Gasteiger partial charge in [-0.05, 0) is 18.2 Å². The van der Waals surface area contributed by atoms with Crippen molar-refractivity contribution in [3.63, 3.8) is 0 Å². The second kappa shape index (κ2) is 3.57. The average molecular weight is 231 g/mol. The number of H-pyrrole nitrogens is 1. The van der Waals surface area contributed by atoms with Gasteiger partial charge in [-0.15, -0.1) is 0 Å². The predicted molar refractivity (Wildman–Crippen MR) is 62.1 cm³/mol. The van der Waals surface area contributed by atoms with Gasteiger partial charge in [0.25, 0.3) is 0 Å². The predicted octanol–water partition coefficient (Wildman–Crippen LogP) is 2.67. The van der Waals surface area contributed by atoms with E-state index in [9.17, 15) is 0 Å². The Labute approximate surface area is 96.3 Å². The van der Waals surface area contributed by atoms with E-state index in [2.05, 4.69) is 19.9 Å². The molecule has 1 N–H and O–H groups in total. The van der Waals surface area contributed by atoms with Crippen LogP contribution >= 0.6 is 11.6 Å². The van der Waals surface area contributed by atoms with Gasteiger partial charge in [0.2, 0.25) is 0 Å². The zero-order valence-electron chi connectivity index (χ0n) is 8.18. The van der Waals surface area contributed by atoms with Crippen molar-refractivity contribution in [1.29, 1.82) is 0 Å². The Morgan fingerprint density at radius 3 is 2.94 bits per heavy atom. The second-order valence-corrected chi connectivity index (χ2v) is 3.72. The van der Waals surface area contributed by atoms with Crippen molar-refractivity contribution < 1.29 is 0 Å². The molecule has 3 aromatic rings. The maximum Gasteiger partial charge on any atom is 0.178 e. The molecule has 3 heterocycles. The summed E-state index contributed by atoms with van der Waals surface area (Å²) in [4.78, 5) is 15.6. The van der Waals surface area contributed by atoms with Crippen LogP contribution in [0.15, 0.2) is 36.8 Å². The Morgan fingerprint density at radius 2 is 2.12 bits per heavy atom. The Balaban J connectivity index is 2.23. The summed E-state index contributed by atoms with van der Waals surface area (Å²) in [6.07, 6.45) is 4.99. The molecule has 4 nitrogen and oxygen atoms in total. The number of nitrogens with one attached hydrogen (secondary N) is 1. The maximum atomic E-state index is 6.04. The summed E-state index contributed by atoms with van der Waals surface area (Å²) >= 11 is 6.04. The molecular weight excluding hydrogens is 224 g/mol. The molecule has 0 fully saturated rings. The minimum Gasteiger partial charge on any atom is -0.337 e. The molecule has 0 radical (unpaired) electrons. The van der Waals surface area contributed by atoms with Crippen molar-refractivity contribution in [2.24, 2.45) is 0 Å². The lowest BCUT2D eigenvalue weighted by Gasteiger charge is -1.97. The van der Waals surface area contributed by atoms with E-state index in [1.165, 1.54) is 0 Å². The molecule has 0 aliphatic carbocycles. The number of pyridine rings is 2. The molecule has 0 saturated carbocycles. The van der Waals surface area contributed by atoms with E-state index in [0.29, 0.717) is 16.5 Å². The molecule has 0 aromatic carbocycles. The van der Waals surface area contributed by atoms with Gasteiger partial charge in [-0.3, -0.25) is 4.98 Å². The Morgan fingerprint density at radius 1 is 1.19 bits per heavy atom. The number of halogens is 1. The standard InChI is InChI=1S/C11H7ClN4/c12-8-6-13-5-3-7(8)10-15-9-2-1-4-14-11(9)16-10/h1-6H,(H,14,15,16). The van der Waals surface area contributed by atoms with E-state index >= 15 is 0 Å². The van der Waals surface area contributed by atoms with Gasteiger partial charge in [-0.1, -0.05) is 11.6 Å². The van der Waals surface area contributed by atoms with Crippen molar-refractivity contribution in [3.05, 3.63) is 41.8 Å². The molecule has 3 aromatic heterocycles. The summed E-state index contributed by atoms with van der Waals surface area (Å²) in [7, 11) is 0. The molecule has 16 heavy (non-hydrogen) atoms. The second-order valence-electron chi connectivity index (χ2n) is 3.32. The lowest BCUT2D eigenvalue weighted by atomic mass is 10.2. The fraction of sp³-hybridized carbons (Fsp3) is 0. The first-order valence-corrected chi connectivity index (χ1v) is 5.13. The quantitative estimate of drug-likeness (QED) is 0.699. The van der Waals surface area contributed by atoms with Crippen LogP contribution < -0.4 is 0 Å². The third-order valence-electron chi connectivity index (χ3n) is 2.29. The fourth-order valence-electron chi connectivity index (χ4n) is 1.54. The van der Waals surface area contributed by atoms with Crippen molar-refractivity contribution in [3.8, 4) is 11.4 Å². The highest BCUT2D eigenvalue weighted by molar-refractivity contribution is 6.33. The lowest BCUT2D eigenvalue weighted by Crippen LogP contribution is -1.82. The van der Waals surface area contributed by atoms with E-state index in [1.54, 1.807) is 18.6 Å². The van der Waals surface area contributed by atoms with Gasteiger partial charge in [-0.25, -0.2) is 9.97 Å². The first kappa shape index (κ1) is 9.30. The van der Waals surface area contributed by atoms with E-state index in [-0.39, 0.29) is 0 Å². The van der Waals surface area contributed by atoms with Gasteiger partial charge in [0.15, 0.2) is 5.65 Å². The van der Waals surface area contributed by atoms with Crippen LogP contribution in [0.4, 0.5) is 0 Å². The molecule has 0 amide bonds. The zero-order chi connectivity index (χ0) is 11.0. The number of nitrogens with zero attached hydrogens (tertiary/aromatic N) is 3. The van der Waals surface area contributed by atoms with Crippen LogP contribution in [0.1, 0.15) is 0 Å². The Bertz CT molecular complexity index is 614. The molecule has 0 bridgehead atoms. The number of fused-ring (bicyclic) bond motifs is 1. The van der Waals surface area contributed by atoms with Crippen molar-refractivity contribution in [1.82, 2.24) is 19.9 Å². The molecule has 0 atom stereocenters. The minimum absolute atomic E-state index is 0.571. The minimum atomic E-state index is 0.571. The Hall–Kier alpha value is -1.94. The number of aromatic nitrogens is 4. The smallest absolute Gasteiger partial charge is 0.178 e. The number of rotatable bonds is 1. The van der Waals surface area contributed by atoms with Crippen molar-refractivity contribution in [2.45, 2.75) is 0 Å². The molecule has 5 heteroatoms. The van der Waals surface area contributed by atoms with Crippen LogP contribution in [-0.2, 0) is 0 Å². The summed E-state index contributed by atoms with van der Waals surface area (Å²) in [6.45, 7) is 0. The fourth-order valence-corrected chi connectivity index (χ4v) is 1.75. The van der Waals surface area contributed by atoms with Crippen LogP contribution in [0.3, 0.4) is 0 Å². The summed E-state index contributed by atoms with van der Waals surface area (Å²) in [5.74, 6) is 0.709. The van der Waals surface area contributed by atoms with E-state index in [4.69, 9.17) is 11.6 Å². The summed E-state index contributed by atoms with van der Waals surface area (Å²) in [6, 6.07) is 5.60. The largest absolute Gasteiger partial charge is 0.337 e. The van der Waals surface area contributed by atoms with Gasteiger partial charge in [0.1, 0.15) is 5.82 Å². The van der Waals surface area contributed by atoms with Crippen molar-refractivity contribution in [2.75, 3.05) is 0 Å². The van der Waals surface area contributed by atoms with Gasteiger partial charge in [0, 0.05) is 24.2 Å². The number of imidazole rings is 1. The first-order chi connectivity index (χ1) is 7.84. The molecule has 78 valence electrons. The van der Waals surface area contributed by atoms with Gasteiger partial charge < -0.3 is 4.98 Å². The molecule has 0 aliphatic heterocycles. The van der Waals surface area contributed by atoms with Gasteiger partial charge in [0.05, 0.1) is 10.5 Å². The van der Waals surface area contributed by atoms with Crippen LogP contribution in [0, 0.1) is 0 Å². The van der Waals surface area contributed by atoms with Crippen molar-refractivity contribution >= 4 is 22.8 Å². The average Bonchev–Trinajstić information content (AvgIpc) is 2.73. The first-order valence-electron chi connectivity index (χ1n) is 4.75. The monoisotopic (exact) mass is 230 g/mol. The summed E-state index contributed by atoms with van der Waals surface area (Å²) in [5, 5.41) is 0.571. The van der Waals surface area contributed by atoms with Crippen LogP contribution in [-0.4, -0.2) is 19.9 Å². The maximum absolute atomic E-state index is 6.04. The number of hydrogen-bond acceptors (Lipinski definition) is 3. The third-order valence-corrected chi connectivity index (χ3v) is 2.59. The van der Waals surface area contributed by atoms with Crippen LogP contribution in [0.25, 0.3) is 22.6 Å². The normalized spacial score (nSPS) is 10.8. The highest BCUT2D eigenvalue weighted by Gasteiger charge is 2.08. The van der Waals surface area contributed by atoms with E-state index < -0.39 is 0 Å². The SMILES string of the molecule is Clc1cnccc1-c1nc2ncccc2[nH]1. The molecule has 0 spiro atoms. The highest BCUT2D eigenvalue weighted by Crippen LogP contribution is 2.25. The summed E-state index contributed by atoms with van der Waals surface area (Å²) < 4.78 is 0. The van der Waals surface area contributed by atoms with Gasteiger partial charge in [-0.2, -0.15) is 0 Å². The molecular formula is C11H7ClN4. The molecule has 0 aliphatic rings. The molecule has 3 rings (SSSR count). The topological polar surface area (TPSA) is 54.5 Å². The van der Waals surface area contributed by atoms with Gasteiger partial charge >= 0.3 is 0 Å². The Kier molecular flexibility index (Phi) is 2.08. The van der Waals surface area contributed by atoms with Crippen LogP contribution in [0.2, 0.25) is 5.02 Å². The van der Waals surface area contributed by atoms with E-state index in [0.717, 1.165) is 11.1 Å². The highest BCUT2D eigenvalue weighted by atomic mass is 35.5. The molecule has 0 unspecified atom stereocenters. The number of aromatic amines is 1. The third kappa shape index (κ3) is 1.44. The molecule has 0 saturated heterocycles. The van der Waals surface area contributed by atoms with E-state index in [1.807, 2.05) is 18.2 Å². The summed E-state index contributed by atoms with van der Waals surface area (Å²) in [5.41, 5.74) is 2.41. The van der Waals surface area contributed by atoms with Crippen LogP contribution in [0.5, 0.6) is 0 Å². The number of hydrogen-bond donors (Lipinski definition) is 1. The zero-order valence-corrected chi connectivity index (χ0v) is 8.94. The lowest BCUT2D eigenvalue weighted by molar-refractivity contribution is 1.27.